The Morgan fingerprint density at radius 3 is 1.50 bits per heavy atom. The van der Waals surface area contributed by atoms with E-state index in [1.54, 1.807) is 0 Å². The predicted molar refractivity (Wildman–Crippen MR) is 117 cm³/mol. The molecule has 1 aromatic carbocycles. The summed E-state index contributed by atoms with van der Waals surface area (Å²) in [5, 5.41) is 0. The third-order valence-electron chi connectivity index (χ3n) is 3.28. The Morgan fingerprint density at radius 1 is 0.792 bits per heavy atom. The van der Waals surface area contributed by atoms with Crippen molar-refractivity contribution in [3.63, 3.8) is 0 Å². The largest absolute Gasteiger partial charge is 0.459 e. The van der Waals surface area contributed by atoms with E-state index in [0.29, 0.717) is 27.9 Å². The van der Waals surface area contributed by atoms with Crippen molar-refractivity contribution >= 4 is 102 Å². The first-order valence-corrected chi connectivity index (χ1v) is 11.1. The van der Waals surface area contributed by atoms with Gasteiger partial charge in [-0.1, -0.05) is 0 Å². The molecule has 1 aromatic rings. The maximum absolute atomic E-state index is 12.5. The quantitative estimate of drug-likeness (QED) is 0.145. The summed E-state index contributed by atoms with van der Waals surface area (Å²) in [7, 11) is 0. The Kier molecular flexibility index (Phi) is 6.87. The van der Waals surface area contributed by atoms with Crippen molar-refractivity contribution in [3.8, 4) is 0 Å². The van der Waals surface area contributed by atoms with E-state index in [0.717, 1.165) is 10.7 Å². The second-order valence-corrected chi connectivity index (χ2v) is 9.43. The van der Waals surface area contributed by atoms with Gasteiger partial charge in [0.05, 0.1) is 24.3 Å². The number of epoxide rings is 2. The van der Waals surface area contributed by atoms with Crippen LogP contribution in [0.4, 0.5) is 0 Å². The fourth-order valence-corrected chi connectivity index (χ4v) is 6.39. The number of rotatable bonds is 6. The number of halogens is 4. The number of ether oxygens (including phenoxy) is 4. The van der Waals surface area contributed by atoms with Crippen LogP contribution in [0.25, 0.3) is 0 Å². The van der Waals surface area contributed by atoms with Crippen LogP contribution in [0.5, 0.6) is 0 Å². The Bertz CT molecular complexity index is 644. The van der Waals surface area contributed by atoms with Crippen molar-refractivity contribution in [2.75, 3.05) is 26.4 Å². The highest BCUT2D eigenvalue weighted by Gasteiger charge is 2.31. The van der Waals surface area contributed by atoms with Crippen molar-refractivity contribution in [3.05, 3.63) is 25.4 Å². The van der Waals surface area contributed by atoms with Gasteiger partial charge in [-0.15, -0.1) is 0 Å². The molecule has 0 N–H and O–H groups in total. The van der Waals surface area contributed by atoms with Crippen molar-refractivity contribution in [2.24, 2.45) is 0 Å². The summed E-state index contributed by atoms with van der Waals surface area (Å²) in [6, 6.07) is 0. The molecular formula is C14H10I4O6. The van der Waals surface area contributed by atoms with Crippen LogP contribution in [-0.4, -0.2) is 50.6 Å². The van der Waals surface area contributed by atoms with Gasteiger partial charge < -0.3 is 18.9 Å². The molecule has 24 heavy (non-hydrogen) atoms. The predicted octanol–water partition coefficient (Wildman–Crippen LogP) is 3.22. The van der Waals surface area contributed by atoms with Gasteiger partial charge in [-0.2, -0.15) is 0 Å². The molecule has 2 aliphatic rings. The highest BCUT2D eigenvalue weighted by atomic mass is 127. The molecule has 0 saturated carbocycles. The number of carbonyl (C=O) groups is 2. The average Bonchev–Trinajstić information content (AvgIpc) is 3.43. The van der Waals surface area contributed by atoms with Crippen molar-refractivity contribution in [1.82, 2.24) is 0 Å². The molecule has 2 saturated heterocycles. The maximum Gasteiger partial charge on any atom is 0.340 e. The van der Waals surface area contributed by atoms with Crippen molar-refractivity contribution in [2.45, 2.75) is 12.2 Å². The van der Waals surface area contributed by atoms with E-state index in [9.17, 15) is 9.59 Å². The lowest BCUT2D eigenvalue weighted by molar-refractivity contribution is 0.0469. The van der Waals surface area contributed by atoms with E-state index in [1.165, 1.54) is 0 Å². The van der Waals surface area contributed by atoms with Gasteiger partial charge in [-0.3, -0.25) is 0 Å². The van der Waals surface area contributed by atoms with E-state index < -0.39 is 11.9 Å². The molecule has 2 aliphatic heterocycles. The number of hydrogen-bond acceptors (Lipinski definition) is 6. The molecule has 0 bridgehead atoms. The van der Waals surface area contributed by atoms with Crippen LogP contribution in [0.1, 0.15) is 20.7 Å². The summed E-state index contributed by atoms with van der Waals surface area (Å²) >= 11 is 8.35. The lowest BCUT2D eigenvalue weighted by Gasteiger charge is -2.15. The molecule has 0 spiro atoms. The molecule has 0 aliphatic carbocycles. The first-order chi connectivity index (χ1) is 11.4. The summed E-state index contributed by atoms with van der Waals surface area (Å²) in [5.41, 5.74) is 0.799. The molecule has 10 heteroatoms. The maximum atomic E-state index is 12.5. The highest BCUT2D eigenvalue weighted by molar-refractivity contribution is 14.1. The second-order valence-electron chi connectivity index (χ2n) is 5.11. The van der Waals surface area contributed by atoms with Crippen LogP contribution in [0.15, 0.2) is 0 Å². The number of carbonyl (C=O) groups excluding carboxylic acids is 2. The monoisotopic (exact) mass is 782 g/mol. The van der Waals surface area contributed by atoms with Crippen LogP contribution < -0.4 is 0 Å². The Morgan fingerprint density at radius 2 is 1.17 bits per heavy atom. The SMILES string of the molecule is O=C(OCC1CO1)c1c(I)c(I)c(I)c(C(=O)OCC2CO2)c1I. The van der Waals surface area contributed by atoms with Gasteiger partial charge in [0.1, 0.15) is 25.4 Å². The summed E-state index contributed by atoms with van der Waals surface area (Å²) in [4.78, 5) is 24.9. The minimum atomic E-state index is -0.451. The van der Waals surface area contributed by atoms with Gasteiger partial charge in [0, 0.05) is 14.3 Å². The van der Waals surface area contributed by atoms with Gasteiger partial charge >= 0.3 is 11.9 Å². The van der Waals surface area contributed by atoms with E-state index in [2.05, 4.69) is 67.8 Å². The van der Waals surface area contributed by atoms with Crippen molar-refractivity contribution < 1.29 is 28.5 Å². The zero-order valence-corrected chi connectivity index (χ0v) is 20.6. The van der Waals surface area contributed by atoms with E-state index in [-0.39, 0.29) is 25.4 Å². The molecular weight excluding hydrogens is 772 g/mol. The second kappa shape index (κ2) is 8.35. The van der Waals surface area contributed by atoms with Crippen LogP contribution >= 0.6 is 90.4 Å². The molecule has 0 aromatic heterocycles. The molecule has 130 valence electrons. The fourth-order valence-electron chi connectivity index (χ4n) is 1.80. The van der Waals surface area contributed by atoms with E-state index >= 15 is 0 Å². The zero-order chi connectivity index (χ0) is 17.4. The standard InChI is InChI=1S/C14H10I4O6/c15-9-7(13(19)23-3-5-1-21-5)10(16)12(18)11(17)8(9)14(20)24-4-6-2-22-6/h5-6H,1-4H2. The molecule has 0 amide bonds. The first-order valence-electron chi connectivity index (χ1n) is 6.83. The third-order valence-corrected chi connectivity index (χ3v) is 9.66. The van der Waals surface area contributed by atoms with Crippen LogP contribution in [0, 0.1) is 14.3 Å². The summed E-state index contributed by atoms with van der Waals surface area (Å²) < 4.78 is 23.6. The Labute approximate surface area is 192 Å². The Balaban J connectivity index is 1.88. The first kappa shape index (κ1) is 19.8. The molecule has 2 fully saturated rings. The van der Waals surface area contributed by atoms with Crippen LogP contribution in [-0.2, 0) is 18.9 Å². The minimum Gasteiger partial charge on any atom is -0.459 e. The lowest BCUT2D eigenvalue weighted by atomic mass is 10.1. The van der Waals surface area contributed by atoms with E-state index in [1.807, 2.05) is 22.6 Å². The van der Waals surface area contributed by atoms with Gasteiger partial charge in [0.15, 0.2) is 0 Å². The molecule has 3 rings (SSSR count). The summed E-state index contributed by atoms with van der Waals surface area (Å²) in [6.45, 7) is 1.69. The number of hydrogen-bond donors (Lipinski definition) is 0. The van der Waals surface area contributed by atoms with E-state index in [4.69, 9.17) is 18.9 Å². The Hall–Kier alpha value is 1.000. The molecule has 0 radical (unpaired) electrons. The lowest BCUT2D eigenvalue weighted by Crippen LogP contribution is -2.20. The smallest absolute Gasteiger partial charge is 0.340 e. The topological polar surface area (TPSA) is 77.7 Å². The van der Waals surface area contributed by atoms with Gasteiger partial charge in [-0.25, -0.2) is 9.59 Å². The van der Waals surface area contributed by atoms with Gasteiger partial charge in [0.25, 0.3) is 0 Å². The van der Waals surface area contributed by atoms with Crippen molar-refractivity contribution in [1.29, 1.82) is 0 Å². The summed E-state index contributed by atoms with van der Waals surface area (Å²) in [5.74, 6) is -0.901. The normalized spacial score (nSPS) is 21.3. The molecule has 2 unspecified atom stereocenters. The fraction of sp³-hybridized carbons (Fsp3) is 0.429. The molecule has 6 nitrogen and oxygen atoms in total. The minimum absolute atomic E-state index is 0.00447. The van der Waals surface area contributed by atoms with Crippen LogP contribution in [0.2, 0.25) is 0 Å². The third kappa shape index (κ3) is 4.64. The summed E-state index contributed by atoms with van der Waals surface area (Å²) in [6.07, 6.45) is -0.00894. The van der Waals surface area contributed by atoms with Crippen LogP contribution in [0.3, 0.4) is 0 Å². The number of benzene rings is 1. The average molecular weight is 782 g/mol. The molecule has 2 heterocycles. The highest BCUT2D eigenvalue weighted by Crippen LogP contribution is 2.34. The zero-order valence-electron chi connectivity index (χ0n) is 11.9. The molecule has 2 atom stereocenters. The van der Waals surface area contributed by atoms with Gasteiger partial charge in [-0.05, 0) is 90.4 Å². The van der Waals surface area contributed by atoms with Gasteiger partial charge in [0.2, 0.25) is 0 Å². The number of esters is 2.